The Morgan fingerprint density at radius 3 is 2.73 bits per heavy atom. The zero-order valence-electron chi connectivity index (χ0n) is 7.21. The first kappa shape index (κ1) is 8.75. The maximum Gasteiger partial charge on any atom is 0.158 e. The van der Waals surface area contributed by atoms with Crippen LogP contribution in [0.15, 0.2) is 12.7 Å². The van der Waals surface area contributed by atoms with E-state index in [0.717, 1.165) is 12.8 Å². The molecule has 0 radical (unpaired) electrons. The first-order valence-electron chi connectivity index (χ1n) is 4.02. The van der Waals surface area contributed by atoms with Gasteiger partial charge in [0.1, 0.15) is 0 Å². The molecule has 1 rings (SSSR count). The van der Waals surface area contributed by atoms with Gasteiger partial charge in [-0.05, 0) is 26.7 Å². The van der Waals surface area contributed by atoms with Crippen LogP contribution in [0.4, 0.5) is 0 Å². The first-order chi connectivity index (χ1) is 5.05. The van der Waals surface area contributed by atoms with E-state index in [2.05, 4.69) is 6.58 Å². The summed E-state index contributed by atoms with van der Waals surface area (Å²) >= 11 is 0. The molecule has 0 saturated carbocycles. The van der Waals surface area contributed by atoms with Gasteiger partial charge in [-0.25, -0.2) is 0 Å². The average molecular weight is 156 g/mol. The fourth-order valence-electron chi connectivity index (χ4n) is 1.62. The normalized spacial score (nSPS) is 35.5. The largest absolute Gasteiger partial charge is 0.368 e. The molecule has 1 unspecified atom stereocenters. The lowest BCUT2D eigenvalue weighted by atomic mass is 9.95. The molecule has 2 atom stereocenters. The molecule has 0 aliphatic carbocycles. The lowest BCUT2D eigenvalue weighted by molar-refractivity contribution is -0.135. The quantitative estimate of drug-likeness (QED) is 0.616. The van der Waals surface area contributed by atoms with Gasteiger partial charge in [0.05, 0.1) is 5.60 Å². The molecular weight excluding hydrogens is 140 g/mol. The highest BCUT2D eigenvalue weighted by Crippen LogP contribution is 2.35. The van der Waals surface area contributed by atoms with Gasteiger partial charge in [-0.1, -0.05) is 6.08 Å². The first-order valence-corrected chi connectivity index (χ1v) is 4.02. The summed E-state index contributed by atoms with van der Waals surface area (Å²) in [5.41, 5.74) is -0.160. The molecule has 0 aromatic heterocycles. The fraction of sp³-hybridized carbons (Fsp3) is 0.778. The smallest absolute Gasteiger partial charge is 0.158 e. The molecule has 1 saturated heterocycles. The van der Waals surface area contributed by atoms with Gasteiger partial charge in [0, 0.05) is 5.92 Å². The Labute approximate surface area is 67.9 Å². The van der Waals surface area contributed by atoms with Crippen LogP contribution in [-0.2, 0) is 4.74 Å². The number of hydrogen-bond donors (Lipinski definition) is 1. The van der Waals surface area contributed by atoms with Gasteiger partial charge in [0.2, 0.25) is 0 Å². The zero-order chi connectivity index (χ0) is 8.48. The van der Waals surface area contributed by atoms with Gasteiger partial charge in [-0.15, -0.1) is 6.58 Å². The monoisotopic (exact) mass is 156 g/mol. The molecule has 0 aromatic rings. The summed E-state index contributed by atoms with van der Waals surface area (Å²) in [6, 6.07) is 0. The molecule has 0 aromatic carbocycles. The van der Waals surface area contributed by atoms with Crippen molar-refractivity contribution < 1.29 is 9.84 Å². The van der Waals surface area contributed by atoms with Crippen molar-refractivity contribution in [1.29, 1.82) is 0 Å². The van der Waals surface area contributed by atoms with E-state index >= 15 is 0 Å². The van der Waals surface area contributed by atoms with Gasteiger partial charge in [-0.2, -0.15) is 0 Å². The van der Waals surface area contributed by atoms with E-state index in [4.69, 9.17) is 4.74 Å². The van der Waals surface area contributed by atoms with Crippen LogP contribution < -0.4 is 0 Å². The molecule has 1 aliphatic heterocycles. The van der Waals surface area contributed by atoms with Crippen molar-refractivity contribution >= 4 is 0 Å². The van der Waals surface area contributed by atoms with Gasteiger partial charge in [0.25, 0.3) is 0 Å². The lowest BCUT2D eigenvalue weighted by Crippen LogP contribution is -2.19. The molecule has 1 heterocycles. The molecule has 0 bridgehead atoms. The molecule has 0 spiro atoms. The predicted molar refractivity (Wildman–Crippen MR) is 44.1 cm³/mol. The third-order valence-corrected chi connectivity index (χ3v) is 2.07. The minimum Gasteiger partial charge on any atom is -0.368 e. The van der Waals surface area contributed by atoms with Crippen molar-refractivity contribution in [2.75, 3.05) is 0 Å². The maximum atomic E-state index is 9.39. The number of aliphatic hydroxyl groups is 1. The van der Waals surface area contributed by atoms with E-state index in [-0.39, 0.29) is 11.5 Å². The molecule has 1 N–H and O–H groups in total. The number of aliphatic hydroxyl groups excluding tert-OH is 1. The van der Waals surface area contributed by atoms with Crippen LogP contribution in [0.25, 0.3) is 0 Å². The standard InChI is InChI=1S/C9H16O2/c1-4-5-7-6-9(2,3)11-8(7)10/h4,7-8,10H,1,5-6H2,2-3H3/t7-,8?/m0/s1. The lowest BCUT2D eigenvalue weighted by Gasteiger charge is -2.15. The van der Waals surface area contributed by atoms with Gasteiger partial charge in [0.15, 0.2) is 6.29 Å². The Kier molecular flexibility index (Phi) is 2.35. The minimum atomic E-state index is -0.594. The van der Waals surface area contributed by atoms with Crippen LogP contribution in [0.3, 0.4) is 0 Å². The summed E-state index contributed by atoms with van der Waals surface area (Å²) < 4.78 is 5.32. The van der Waals surface area contributed by atoms with Crippen LogP contribution in [0.5, 0.6) is 0 Å². The zero-order valence-corrected chi connectivity index (χ0v) is 7.21. The van der Waals surface area contributed by atoms with Gasteiger partial charge >= 0.3 is 0 Å². The summed E-state index contributed by atoms with van der Waals surface area (Å²) in [7, 11) is 0. The van der Waals surface area contributed by atoms with Crippen LogP contribution in [0.1, 0.15) is 26.7 Å². The van der Waals surface area contributed by atoms with Crippen molar-refractivity contribution in [3.05, 3.63) is 12.7 Å². The van der Waals surface area contributed by atoms with Crippen molar-refractivity contribution in [3.8, 4) is 0 Å². The maximum absolute atomic E-state index is 9.39. The second-order valence-corrected chi connectivity index (χ2v) is 3.76. The second-order valence-electron chi connectivity index (χ2n) is 3.76. The second kappa shape index (κ2) is 2.95. The number of ether oxygens (including phenoxy) is 1. The number of rotatable bonds is 2. The Balaban J connectivity index is 2.51. The van der Waals surface area contributed by atoms with E-state index in [1.165, 1.54) is 0 Å². The highest BCUT2D eigenvalue weighted by molar-refractivity contribution is 4.87. The van der Waals surface area contributed by atoms with E-state index in [1.54, 1.807) is 0 Å². The molecule has 2 nitrogen and oxygen atoms in total. The topological polar surface area (TPSA) is 29.5 Å². The van der Waals surface area contributed by atoms with Crippen LogP contribution >= 0.6 is 0 Å². The SMILES string of the molecule is C=CC[C@H]1CC(C)(C)OC1O. The molecule has 0 amide bonds. The molecule has 64 valence electrons. The summed E-state index contributed by atoms with van der Waals surface area (Å²) in [5, 5.41) is 9.39. The summed E-state index contributed by atoms with van der Waals surface area (Å²) in [6.45, 7) is 7.64. The summed E-state index contributed by atoms with van der Waals surface area (Å²) in [5.74, 6) is 0.238. The number of hydrogen-bond acceptors (Lipinski definition) is 2. The third kappa shape index (κ3) is 2.04. The van der Waals surface area contributed by atoms with Crippen molar-refractivity contribution in [1.82, 2.24) is 0 Å². The molecule has 2 heteroatoms. The summed E-state index contributed by atoms with van der Waals surface area (Å²) in [6.07, 6.45) is 2.99. The van der Waals surface area contributed by atoms with Crippen molar-refractivity contribution in [2.24, 2.45) is 5.92 Å². The van der Waals surface area contributed by atoms with Crippen molar-refractivity contribution in [2.45, 2.75) is 38.6 Å². The third-order valence-electron chi connectivity index (χ3n) is 2.07. The molecule has 1 fully saturated rings. The molecule has 1 aliphatic rings. The summed E-state index contributed by atoms with van der Waals surface area (Å²) in [4.78, 5) is 0. The minimum absolute atomic E-state index is 0.160. The van der Waals surface area contributed by atoms with Crippen LogP contribution in [0, 0.1) is 5.92 Å². The Hall–Kier alpha value is -0.340. The molecular formula is C9H16O2. The van der Waals surface area contributed by atoms with E-state index in [1.807, 2.05) is 19.9 Å². The highest BCUT2D eigenvalue weighted by atomic mass is 16.6. The Bertz CT molecular complexity index is 152. The van der Waals surface area contributed by atoms with Crippen LogP contribution in [0.2, 0.25) is 0 Å². The van der Waals surface area contributed by atoms with Gasteiger partial charge < -0.3 is 9.84 Å². The Morgan fingerprint density at radius 1 is 1.73 bits per heavy atom. The molecule has 11 heavy (non-hydrogen) atoms. The van der Waals surface area contributed by atoms with Gasteiger partial charge in [-0.3, -0.25) is 0 Å². The number of allylic oxidation sites excluding steroid dienone is 1. The predicted octanol–water partition coefficient (Wildman–Crippen LogP) is 1.70. The van der Waals surface area contributed by atoms with Crippen molar-refractivity contribution in [3.63, 3.8) is 0 Å². The van der Waals surface area contributed by atoms with E-state index in [9.17, 15) is 5.11 Å². The van der Waals surface area contributed by atoms with E-state index in [0.29, 0.717) is 0 Å². The fourth-order valence-corrected chi connectivity index (χ4v) is 1.62. The average Bonchev–Trinajstić information content (AvgIpc) is 2.07. The van der Waals surface area contributed by atoms with E-state index < -0.39 is 6.29 Å². The highest BCUT2D eigenvalue weighted by Gasteiger charge is 2.38. The van der Waals surface area contributed by atoms with Crippen LogP contribution in [-0.4, -0.2) is 17.0 Å². The Morgan fingerprint density at radius 2 is 2.36 bits per heavy atom.